The maximum Gasteiger partial charge on any atom is 0.264 e. The highest BCUT2D eigenvalue weighted by Gasteiger charge is 2.32. The molecule has 0 aromatic heterocycles. The molecule has 0 saturated carbocycles. The number of carbonyl (C=O) groups is 2. The molecule has 9 heteroatoms. The Labute approximate surface area is 224 Å². The van der Waals surface area contributed by atoms with Crippen molar-refractivity contribution < 1.29 is 22.4 Å². The van der Waals surface area contributed by atoms with Crippen molar-refractivity contribution in [2.75, 3.05) is 17.4 Å². The smallest absolute Gasteiger partial charge is 0.264 e. The standard InChI is InChI=1S/C29H34FN3O4S/c1-21(2)18-31-29(35)23(4)32(19-24-12-10-22(3)11-13-24)28(34)20-33(26-8-6-5-7-9-26)38(36,37)27-16-14-25(30)15-17-27/h5-17,21,23H,18-20H2,1-4H3,(H,31,35). The van der Waals surface area contributed by atoms with Gasteiger partial charge in [-0.05, 0) is 61.7 Å². The lowest BCUT2D eigenvalue weighted by Gasteiger charge is -2.32. The maximum absolute atomic E-state index is 13.8. The molecule has 1 atom stereocenters. The third kappa shape index (κ3) is 7.41. The molecule has 1 unspecified atom stereocenters. The van der Waals surface area contributed by atoms with E-state index in [1.807, 2.05) is 45.0 Å². The average Bonchev–Trinajstić information content (AvgIpc) is 2.90. The van der Waals surface area contributed by atoms with Gasteiger partial charge in [0.1, 0.15) is 18.4 Å². The first-order valence-electron chi connectivity index (χ1n) is 12.4. The van der Waals surface area contributed by atoms with E-state index in [0.717, 1.165) is 39.7 Å². The van der Waals surface area contributed by atoms with Gasteiger partial charge in [0.2, 0.25) is 11.8 Å². The summed E-state index contributed by atoms with van der Waals surface area (Å²) in [5.41, 5.74) is 2.13. The fraction of sp³-hybridized carbons (Fsp3) is 0.310. The van der Waals surface area contributed by atoms with Gasteiger partial charge in [-0.25, -0.2) is 12.8 Å². The Morgan fingerprint density at radius 2 is 1.50 bits per heavy atom. The highest BCUT2D eigenvalue weighted by molar-refractivity contribution is 7.92. The number of nitrogens with one attached hydrogen (secondary N) is 1. The average molecular weight is 540 g/mol. The lowest BCUT2D eigenvalue weighted by molar-refractivity contribution is -0.139. The van der Waals surface area contributed by atoms with Crippen LogP contribution in [-0.2, 0) is 26.2 Å². The molecule has 0 aliphatic rings. The van der Waals surface area contributed by atoms with Crippen molar-refractivity contribution in [3.63, 3.8) is 0 Å². The fourth-order valence-corrected chi connectivity index (χ4v) is 5.20. The maximum atomic E-state index is 13.8. The molecule has 3 aromatic rings. The van der Waals surface area contributed by atoms with Crippen molar-refractivity contribution in [1.29, 1.82) is 0 Å². The predicted octanol–water partition coefficient (Wildman–Crippen LogP) is 4.52. The van der Waals surface area contributed by atoms with Gasteiger partial charge in [0.25, 0.3) is 10.0 Å². The Kier molecular flexibility index (Phi) is 9.63. The first kappa shape index (κ1) is 28.8. The molecule has 0 fully saturated rings. The zero-order valence-corrected chi connectivity index (χ0v) is 22.9. The van der Waals surface area contributed by atoms with Crippen LogP contribution in [0.15, 0.2) is 83.8 Å². The van der Waals surface area contributed by atoms with Gasteiger partial charge in [-0.2, -0.15) is 0 Å². The summed E-state index contributed by atoms with van der Waals surface area (Å²) < 4.78 is 41.8. The minimum absolute atomic E-state index is 0.120. The topological polar surface area (TPSA) is 86.8 Å². The van der Waals surface area contributed by atoms with Crippen LogP contribution in [0.5, 0.6) is 0 Å². The van der Waals surface area contributed by atoms with Crippen molar-refractivity contribution in [2.24, 2.45) is 5.92 Å². The van der Waals surface area contributed by atoms with E-state index in [2.05, 4.69) is 5.32 Å². The first-order chi connectivity index (χ1) is 18.0. The van der Waals surface area contributed by atoms with Gasteiger partial charge in [0, 0.05) is 13.1 Å². The summed E-state index contributed by atoms with van der Waals surface area (Å²) in [4.78, 5) is 28.0. The summed E-state index contributed by atoms with van der Waals surface area (Å²) >= 11 is 0. The van der Waals surface area contributed by atoms with E-state index in [1.165, 1.54) is 4.90 Å². The highest BCUT2D eigenvalue weighted by atomic mass is 32.2. The minimum Gasteiger partial charge on any atom is -0.354 e. The normalized spacial score (nSPS) is 12.2. The zero-order valence-electron chi connectivity index (χ0n) is 22.1. The van der Waals surface area contributed by atoms with Crippen LogP contribution in [0.1, 0.15) is 31.9 Å². The van der Waals surface area contributed by atoms with E-state index in [-0.39, 0.29) is 29.0 Å². The largest absolute Gasteiger partial charge is 0.354 e. The Morgan fingerprint density at radius 1 is 0.895 bits per heavy atom. The van der Waals surface area contributed by atoms with Crippen molar-refractivity contribution in [2.45, 2.75) is 45.2 Å². The molecule has 38 heavy (non-hydrogen) atoms. The van der Waals surface area contributed by atoms with Crippen LogP contribution in [0.3, 0.4) is 0 Å². The monoisotopic (exact) mass is 539 g/mol. The van der Waals surface area contributed by atoms with Gasteiger partial charge in [-0.15, -0.1) is 0 Å². The Morgan fingerprint density at radius 3 is 2.08 bits per heavy atom. The van der Waals surface area contributed by atoms with Gasteiger partial charge >= 0.3 is 0 Å². The summed E-state index contributed by atoms with van der Waals surface area (Å²) in [6.45, 7) is 7.54. The number of carbonyl (C=O) groups excluding carboxylic acids is 2. The molecular weight excluding hydrogens is 505 g/mol. The Bertz CT molecular complexity index is 1330. The second-order valence-electron chi connectivity index (χ2n) is 9.62. The number of para-hydroxylation sites is 1. The molecule has 202 valence electrons. The first-order valence-corrected chi connectivity index (χ1v) is 13.9. The number of aryl methyl sites for hydroxylation is 1. The lowest BCUT2D eigenvalue weighted by Crippen LogP contribution is -2.51. The van der Waals surface area contributed by atoms with Crippen LogP contribution in [-0.4, -0.2) is 44.3 Å². The van der Waals surface area contributed by atoms with Gasteiger partial charge < -0.3 is 10.2 Å². The van der Waals surface area contributed by atoms with E-state index in [1.54, 1.807) is 37.3 Å². The molecule has 0 aliphatic heterocycles. The van der Waals surface area contributed by atoms with Crippen LogP contribution in [0.2, 0.25) is 0 Å². The van der Waals surface area contributed by atoms with E-state index >= 15 is 0 Å². The third-order valence-corrected chi connectivity index (χ3v) is 7.84. The summed E-state index contributed by atoms with van der Waals surface area (Å²) in [7, 11) is -4.23. The molecule has 0 aliphatic carbocycles. The number of halogens is 1. The summed E-state index contributed by atoms with van der Waals surface area (Å²) in [5, 5.41) is 2.86. The lowest BCUT2D eigenvalue weighted by atomic mass is 10.1. The van der Waals surface area contributed by atoms with Gasteiger partial charge in [0.15, 0.2) is 0 Å². The van der Waals surface area contributed by atoms with Crippen LogP contribution in [0.25, 0.3) is 0 Å². The van der Waals surface area contributed by atoms with Gasteiger partial charge in [-0.3, -0.25) is 13.9 Å². The SMILES string of the molecule is Cc1ccc(CN(C(=O)CN(c2ccccc2)S(=O)(=O)c2ccc(F)cc2)C(C)C(=O)NCC(C)C)cc1. The van der Waals surface area contributed by atoms with Crippen LogP contribution < -0.4 is 9.62 Å². The molecule has 3 aromatic carbocycles. The molecular formula is C29H34FN3O4S. The minimum atomic E-state index is -4.23. The number of rotatable bonds is 11. The van der Waals surface area contributed by atoms with Crippen molar-refractivity contribution in [3.05, 3.63) is 95.8 Å². The molecule has 2 amide bonds. The fourth-order valence-electron chi connectivity index (χ4n) is 3.78. The molecule has 0 spiro atoms. The van der Waals surface area contributed by atoms with Gasteiger partial charge in [0.05, 0.1) is 10.6 Å². The van der Waals surface area contributed by atoms with Gasteiger partial charge in [-0.1, -0.05) is 61.9 Å². The number of hydrogen-bond donors (Lipinski definition) is 1. The van der Waals surface area contributed by atoms with Crippen LogP contribution in [0.4, 0.5) is 10.1 Å². The van der Waals surface area contributed by atoms with Crippen LogP contribution in [0, 0.1) is 18.7 Å². The van der Waals surface area contributed by atoms with E-state index in [9.17, 15) is 22.4 Å². The second kappa shape index (κ2) is 12.7. The number of amides is 2. The second-order valence-corrected chi connectivity index (χ2v) is 11.5. The van der Waals surface area contributed by atoms with E-state index in [0.29, 0.717) is 6.54 Å². The quantitative estimate of drug-likeness (QED) is 0.388. The summed E-state index contributed by atoms with van der Waals surface area (Å²) in [5.74, 6) is -1.22. The summed E-state index contributed by atoms with van der Waals surface area (Å²) in [6.07, 6.45) is 0. The number of sulfonamides is 1. The van der Waals surface area contributed by atoms with Crippen molar-refractivity contribution in [3.8, 4) is 0 Å². The zero-order chi connectivity index (χ0) is 27.9. The molecule has 0 saturated heterocycles. The highest BCUT2D eigenvalue weighted by Crippen LogP contribution is 2.24. The molecule has 0 bridgehead atoms. The van der Waals surface area contributed by atoms with E-state index in [4.69, 9.17) is 0 Å². The molecule has 3 rings (SSSR count). The Balaban J connectivity index is 1.97. The number of nitrogens with zero attached hydrogens (tertiary/aromatic N) is 2. The predicted molar refractivity (Wildman–Crippen MR) is 146 cm³/mol. The molecule has 0 radical (unpaired) electrons. The molecule has 7 nitrogen and oxygen atoms in total. The third-order valence-electron chi connectivity index (χ3n) is 6.05. The van der Waals surface area contributed by atoms with E-state index < -0.39 is 34.3 Å². The number of benzene rings is 3. The number of anilines is 1. The Hall–Kier alpha value is -3.72. The summed E-state index contributed by atoms with van der Waals surface area (Å²) in [6, 6.07) is 19.4. The number of hydrogen-bond acceptors (Lipinski definition) is 4. The van der Waals surface area contributed by atoms with Crippen molar-refractivity contribution >= 4 is 27.5 Å². The molecule has 0 heterocycles. The molecule has 1 N–H and O–H groups in total. The van der Waals surface area contributed by atoms with Crippen LogP contribution >= 0.6 is 0 Å². The van der Waals surface area contributed by atoms with Crippen molar-refractivity contribution in [1.82, 2.24) is 10.2 Å².